The van der Waals surface area contributed by atoms with E-state index in [2.05, 4.69) is 15.1 Å². The molecule has 1 aromatic carbocycles. The van der Waals surface area contributed by atoms with E-state index in [1.54, 1.807) is 7.05 Å². The minimum absolute atomic E-state index is 0.0658. The van der Waals surface area contributed by atoms with Gasteiger partial charge in [0.1, 0.15) is 0 Å². The van der Waals surface area contributed by atoms with Gasteiger partial charge in [0.2, 0.25) is 5.91 Å². The molecule has 0 unspecified atom stereocenters. The van der Waals surface area contributed by atoms with Crippen molar-refractivity contribution in [2.24, 2.45) is 0 Å². The zero-order valence-corrected chi connectivity index (χ0v) is 15.4. The predicted molar refractivity (Wildman–Crippen MR) is 98.9 cm³/mol. The molecule has 7 heteroatoms. The van der Waals surface area contributed by atoms with E-state index >= 15 is 0 Å². The molecule has 2 amide bonds. The Balaban J connectivity index is 1.43. The minimum atomic E-state index is -0.0658. The lowest BCUT2D eigenvalue weighted by molar-refractivity contribution is -0.135. The minimum Gasteiger partial charge on any atom is -0.379 e. The smallest absolute Gasteiger partial charge is 0.251 e. The molecule has 0 aliphatic carbocycles. The Labute approximate surface area is 154 Å². The number of nitrogens with zero attached hydrogens (tertiary/aromatic N) is 3. The molecule has 0 bridgehead atoms. The molecule has 0 spiro atoms. The lowest BCUT2D eigenvalue weighted by Crippen LogP contribution is -2.51. The van der Waals surface area contributed by atoms with E-state index < -0.39 is 0 Å². The van der Waals surface area contributed by atoms with Crippen molar-refractivity contribution in [3.05, 3.63) is 35.4 Å². The lowest BCUT2D eigenvalue weighted by atomic mass is 10.1. The summed E-state index contributed by atoms with van der Waals surface area (Å²) < 4.78 is 5.33. The Bertz CT molecular complexity index is 606. The van der Waals surface area contributed by atoms with Crippen LogP contribution in [-0.2, 0) is 16.1 Å². The van der Waals surface area contributed by atoms with E-state index in [4.69, 9.17) is 4.74 Å². The maximum Gasteiger partial charge on any atom is 0.251 e. The SMILES string of the molecule is CNC(=O)c1ccc(CN2CCN(C(=O)CN3CCOCC3)CC2)cc1. The van der Waals surface area contributed by atoms with Crippen molar-refractivity contribution in [3.63, 3.8) is 0 Å². The number of rotatable bonds is 5. The Morgan fingerprint density at radius 1 is 0.962 bits per heavy atom. The lowest BCUT2D eigenvalue weighted by Gasteiger charge is -2.36. The zero-order valence-electron chi connectivity index (χ0n) is 15.4. The van der Waals surface area contributed by atoms with Gasteiger partial charge in [-0.1, -0.05) is 12.1 Å². The number of piperazine rings is 1. The van der Waals surface area contributed by atoms with E-state index in [0.717, 1.165) is 59.0 Å². The maximum absolute atomic E-state index is 12.4. The van der Waals surface area contributed by atoms with Gasteiger partial charge in [-0.15, -0.1) is 0 Å². The number of nitrogens with one attached hydrogen (secondary N) is 1. The fourth-order valence-electron chi connectivity index (χ4n) is 3.37. The van der Waals surface area contributed by atoms with Gasteiger partial charge in [0.15, 0.2) is 0 Å². The van der Waals surface area contributed by atoms with Crippen molar-refractivity contribution >= 4 is 11.8 Å². The monoisotopic (exact) mass is 360 g/mol. The number of morpholine rings is 1. The van der Waals surface area contributed by atoms with Crippen LogP contribution in [0.5, 0.6) is 0 Å². The first kappa shape index (κ1) is 18.8. The van der Waals surface area contributed by atoms with E-state index in [0.29, 0.717) is 12.1 Å². The first-order chi connectivity index (χ1) is 12.7. The molecule has 2 aliphatic rings. The summed E-state index contributed by atoms with van der Waals surface area (Å²) in [7, 11) is 1.64. The number of hydrogen-bond acceptors (Lipinski definition) is 5. The van der Waals surface area contributed by atoms with Crippen LogP contribution in [-0.4, -0.2) is 92.6 Å². The van der Waals surface area contributed by atoms with E-state index in [9.17, 15) is 9.59 Å². The molecule has 2 saturated heterocycles. The van der Waals surface area contributed by atoms with Gasteiger partial charge >= 0.3 is 0 Å². The Hall–Kier alpha value is -1.96. The van der Waals surface area contributed by atoms with Crippen molar-refractivity contribution in [1.82, 2.24) is 20.0 Å². The van der Waals surface area contributed by atoms with Crippen LogP contribution in [0, 0.1) is 0 Å². The van der Waals surface area contributed by atoms with Gasteiger partial charge in [-0.25, -0.2) is 0 Å². The normalized spacial score (nSPS) is 19.3. The van der Waals surface area contributed by atoms with Gasteiger partial charge < -0.3 is 15.0 Å². The fraction of sp³-hybridized carbons (Fsp3) is 0.579. The Morgan fingerprint density at radius 3 is 2.23 bits per heavy atom. The second kappa shape index (κ2) is 9.12. The van der Waals surface area contributed by atoms with Gasteiger partial charge in [-0.3, -0.25) is 19.4 Å². The van der Waals surface area contributed by atoms with Crippen molar-refractivity contribution in [1.29, 1.82) is 0 Å². The first-order valence-electron chi connectivity index (χ1n) is 9.27. The zero-order chi connectivity index (χ0) is 18.4. The van der Waals surface area contributed by atoms with Crippen LogP contribution in [0.1, 0.15) is 15.9 Å². The highest BCUT2D eigenvalue weighted by atomic mass is 16.5. The van der Waals surface area contributed by atoms with Gasteiger partial charge in [-0.2, -0.15) is 0 Å². The highest BCUT2D eigenvalue weighted by Gasteiger charge is 2.23. The Kier molecular flexibility index (Phi) is 6.60. The van der Waals surface area contributed by atoms with Crippen LogP contribution in [0.15, 0.2) is 24.3 Å². The summed E-state index contributed by atoms with van der Waals surface area (Å²) in [6.45, 7) is 7.80. The van der Waals surface area contributed by atoms with Gasteiger partial charge in [0.05, 0.1) is 19.8 Å². The third kappa shape index (κ3) is 5.03. The summed E-state index contributed by atoms with van der Waals surface area (Å²) in [5, 5.41) is 2.63. The molecule has 7 nitrogen and oxygen atoms in total. The van der Waals surface area contributed by atoms with Crippen LogP contribution in [0.4, 0.5) is 0 Å². The molecular weight excluding hydrogens is 332 g/mol. The second-order valence-corrected chi connectivity index (χ2v) is 6.82. The van der Waals surface area contributed by atoms with E-state index in [1.807, 2.05) is 29.2 Å². The van der Waals surface area contributed by atoms with Crippen LogP contribution in [0.25, 0.3) is 0 Å². The highest BCUT2D eigenvalue weighted by Crippen LogP contribution is 2.11. The topological polar surface area (TPSA) is 65.1 Å². The fourth-order valence-corrected chi connectivity index (χ4v) is 3.37. The molecule has 26 heavy (non-hydrogen) atoms. The van der Waals surface area contributed by atoms with Gasteiger partial charge in [-0.05, 0) is 17.7 Å². The summed E-state index contributed by atoms with van der Waals surface area (Å²) >= 11 is 0. The highest BCUT2D eigenvalue weighted by molar-refractivity contribution is 5.93. The summed E-state index contributed by atoms with van der Waals surface area (Å²) in [6.07, 6.45) is 0. The Morgan fingerprint density at radius 2 is 1.62 bits per heavy atom. The largest absolute Gasteiger partial charge is 0.379 e. The molecule has 0 aromatic heterocycles. The van der Waals surface area contributed by atoms with Crippen LogP contribution in [0.2, 0.25) is 0 Å². The van der Waals surface area contributed by atoms with Crippen molar-refractivity contribution in [2.75, 3.05) is 66.1 Å². The van der Waals surface area contributed by atoms with Crippen LogP contribution < -0.4 is 5.32 Å². The van der Waals surface area contributed by atoms with Crippen molar-refractivity contribution in [3.8, 4) is 0 Å². The number of benzene rings is 1. The third-order valence-electron chi connectivity index (χ3n) is 5.04. The summed E-state index contributed by atoms with van der Waals surface area (Å²) in [4.78, 5) is 30.5. The molecule has 2 heterocycles. The molecule has 0 atom stereocenters. The number of carbonyl (C=O) groups excluding carboxylic acids is 2. The third-order valence-corrected chi connectivity index (χ3v) is 5.04. The van der Waals surface area contributed by atoms with Gasteiger partial charge in [0, 0.05) is 58.4 Å². The molecule has 0 radical (unpaired) electrons. The summed E-state index contributed by atoms with van der Waals surface area (Å²) in [6, 6.07) is 7.72. The molecule has 3 rings (SSSR count). The second-order valence-electron chi connectivity index (χ2n) is 6.82. The molecular formula is C19H28N4O3. The molecule has 1 N–H and O–H groups in total. The predicted octanol–water partition coefficient (Wildman–Crippen LogP) is 0.0226. The number of ether oxygens (including phenoxy) is 1. The summed E-state index contributed by atoms with van der Waals surface area (Å²) in [5.74, 6) is 0.158. The van der Waals surface area contributed by atoms with Crippen molar-refractivity contribution < 1.29 is 14.3 Å². The summed E-state index contributed by atoms with van der Waals surface area (Å²) in [5.41, 5.74) is 1.86. The molecule has 2 aliphatic heterocycles. The maximum atomic E-state index is 12.4. The van der Waals surface area contributed by atoms with Crippen LogP contribution in [0.3, 0.4) is 0 Å². The van der Waals surface area contributed by atoms with E-state index in [-0.39, 0.29) is 11.8 Å². The van der Waals surface area contributed by atoms with Crippen LogP contribution >= 0.6 is 0 Å². The standard InChI is InChI=1S/C19H28N4O3/c1-20-19(25)17-4-2-16(3-5-17)14-21-6-8-23(9-7-21)18(24)15-22-10-12-26-13-11-22/h2-5H,6-15H2,1H3,(H,20,25). The quantitative estimate of drug-likeness (QED) is 0.802. The first-order valence-corrected chi connectivity index (χ1v) is 9.27. The van der Waals surface area contributed by atoms with Gasteiger partial charge in [0.25, 0.3) is 5.91 Å². The molecule has 0 saturated carbocycles. The molecule has 142 valence electrons. The molecule has 2 fully saturated rings. The average molecular weight is 360 g/mol. The number of amides is 2. The average Bonchev–Trinajstić information content (AvgIpc) is 2.69. The van der Waals surface area contributed by atoms with Crippen molar-refractivity contribution in [2.45, 2.75) is 6.54 Å². The van der Waals surface area contributed by atoms with E-state index in [1.165, 1.54) is 5.56 Å². The number of hydrogen-bond donors (Lipinski definition) is 1. The molecule has 1 aromatic rings. The number of carbonyl (C=O) groups is 2.